The molecule has 4 heteroatoms. The van der Waals surface area contributed by atoms with Crippen molar-refractivity contribution in [3.8, 4) is 0 Å². The summed E-state index contributed by atoms with van der Waals surface area (Å²) >= 11 is 0. The Balaban J connectivity index is 2.27. The SMILES string of the molecule is Cc1nc2c(C(=O)O)cccc2n1C1C(C)(C)C1(C)C. The lowest BCUT2D eigenvalue weighted by atomic mass is 10.0. The molecule has 1 fully saturated rings. The average molecular weight is 272 g/mol. The van der Waals surface area contributed by atoms with E-state index in [9.17, 15) is 9.90 Å². The zero-order valence-electron chi connectivity index (χ0n) is 12.6. The Morgan fingerprint density at radius 3 is 2.35 bits per heavy atom. The number of aromatic nitrogens is 2. The molecule has 1 heterocycles. The molecule has 0 radical (unpaired) electrons. The first-order valence-corrected chi connectivity index (χ1v) is 6.90. The molecule has 1 aromatic carbocycles. The number of nitrogens with zero attached hydrogens (tertiary/aromatic N) is 2. The normalized spacial score (nSPS) is 20.2. The number of benzene rings is 1. The van der Waals surface area contributed by atoms with E-state index in [0.29, 0.717) is 11.6 Å². The van der Waals surface area contributed by atoms with E-state index in [2.05, 4.69) is 37.2 Å². The molecule has 0 aliphatic heterocycles. The molecule has 0 amide bonds. The molecule has 1 aliphatic rings. The Kier molecular flexibility index (Phi) is 2.38. The smallest absolute Gasteiger partial charge is 0.337 e. The van der Waals surface area contributed by atoms with Gasteiger partial charge in [0.15, 0.2) is 0 Å². The summed E-state index contributed by atoms with van der Waals surface area (Å²) in [6, 6.07) is 5.73. The molecule has 0 saturated heterocycles. The number of carboxylic acid groups (broad SMARTS) is 1. The third-order valence-electron chi connectivity index (χ3n) is 5.33. The summed E-state index contributed by atoms with van der Waals surface area (Å²) in [5.41, 5.74) is 2.16. The highest BCUT2D eigenvalue weighted by atomic mass is 16.4. The number of aromatic carboxylic acids is 1. The van der Waals surface area contributed by atoms with E-state index in [1.165, 1.54) is 0 Å². The first kappa shape index (κ1) is 13.2. The molecule has 0 unspecified atom stereocenters. The maximum absolute atomic E-state index is 11.3. The van der Waals surface area contributed by atoms with Crippen LogP contribution in [0, 0.1) is 17.8 Å². The van der Waals surface area contributed by atoms with Gasteiger partial charge in [-0.2, -0.15) is 0 Å². The van der Waals surface area contributed by atoms with E-state index in [-0.39, 0.29) is 16.4 Å². The standard InChI is InChI=1S/C16H20N2O2/c1-9-17-12-10(13(19)20)7-6-8-11(12)18(9)14-15(2,3)16(14,4)5/h6-8,14H,1-5H3,(H,19,20). The van der Waals surface area contributed by atoms with Gasteiger partial charge in [0.25, 0.3) is 0 Å². The van der Waals surface area contributed by atoms with Gasteiger partial charge in [0.05, 0.1) is 11.1 Å². The maximum atomic E-state index is 11.3. The molecule has 1 N–H and O–H groups in total. The molecule has 0 spiro atoms. The van der Waals surface area contributed by atoms with Crippen LogP contribution in [0.2, 0.25) is 0 Å². The van der Waals surface area contributed by atoms with Crippen LogP contribution in [0.25, 0.3) is 11.0 Å². The predicted octanol–water partition coefficient (Wildman–Crippen LogP) is 3.65. The lowest BCUT2D eigenvalue weighted by molar-refractivity contribution is 0.0699. The molecular weight excluding hydrogens is 252 g/mol. The summed E-state index contributed by atoms with van der Waals surface area (Å²) in [4.78, 5) is 15.8. The number of rotatable bonds is 2. The van der Waals surface area contributed by atoms with Gasteiger partial charge in [0.1, 0.15) is 11.3 Å². The fourth-order valence-corrected chi connectivity index (χ4v) is 3.54. The van der Waals surface area contributed by atoms with Gasteiger partial charge in [-0.3, -0.25) is 0 Å². The highest BCUT2D eigenvalue weighted by Gasteiger charge is 2.66. The van der Waals surface area contributed by atoms with Crippen molar-refractivity contribution in [2.45, 2.75) is 40.7 Å². The Morgan fingerprint density at radius 1 is 1.25 bits per heavy atom. The van der Waals surface area contributed by atoms with Crippen molar-refractivity contribution in [1.82, 2.24) is 9.55 Å². The van der Waals surface area contributed by atoms with Gasteiger partial charge in [0.2, 0.25) is 0 Å². The second-order valence-corrected chi connectivity index (χ2v) is 6.85. The van der Waals surface area contributed by atoms with Crippen LogP contribution in [0.1, 0.15) is 49.9 Å². The van der Waals surface area contributed by atoms with Crippen LogP contribution in [0.15, 0.2) is 18.2 Å². The lowest BCUT2D eigenvalue weighted by Gasteiger charge is -2.09. The van der Waals surface area contributed by atoms with Crippen molar-refractivity contribution in [3.05, 3.63) is 29.6 Å². The molecule has 106 valence electrons. The van der Waals surface area contributed by atoms with Crippen molar-refractivity contribution >= 4 is 17.0 Å². The van der Waals surface area contributed by atoms with E-state index in [1.807, 2.05) is 13.0 Å². The second-order valence-electron chi connectivity index (χ2n) is 6.85. The number of carbonyl (C=O) groups is 1. The molecule has 1 saturated carbocycles. The number of aryl methyl sites for hydroxylation is 1. The Hall–Kier alpha value is -1.84. The van der Waals surface area contributed by atoms with Gasteiger partial charge < -0.3 is 9.67 Å². The fraction of sp³-hybridized carbons (Fsp3) is 0.500. The first-order valence-electron chi connectivity index (χ1n) is 6.90. The van der Waals surface area contributed by atoms with Crippen LogP contribution in [-0.4, -0.2) is 20.6 Å². The largest absolute Gasteiger partial charge is 0.478 e. The number of carboxylic acids is 1. The fourth-order valence-electron chi connectivity index (χ4n) is 3.54. The van der Waals surface area contributed by atoms with Crippen molar-refractivity contribution in [3.63, 3.8) is 0 Å². The Bertz CT molecular complexity index is 711. The summed E-state index contributed by atoms with van der Waals surface area (Å²) in [7, 11) is 0. The molecule has 1 aromatic heterocycles. The van der Waals surface area contributed by atoms with Crippen LogP contribution < -0.4 is 0 Å². The number of hydrogen-bond acceptors (Lipinski definition) is 2. The number of hydrogen-bond donors (Lipinski definition) is 1. The second kappa shape index (κ2) is 3.62. The van der Waals surface area contributed by atoms with Crippen molar-refractivity contribution in [2.75, 3.05) is 0 Å². The van der Waals surface area contributed by atoms with Crippen molar-refractivity contribution < 1.29 is 9.90 Å². The van der Waals surface area contributed by atoms with E-state index in [0.717, 1.165) is 11.3 Å². The van der Waals surface area contributed by atoms with Crippen molar-refractivity contribution in [2.24, 2.45) is 10.8 Å². The van der Waals surface area contributed by atoms with Gasteiger partial charge in [-0.1, -0.05) is 33.8 Å². The first-order chi connectivity index (χ1) is 9.19. The average Bonchev–Trinajstić information content (AvgIpc) is 2.63. The minimum Gasteiger partial charge on any atom is -0.478 e. The third-order valence-corrected chi connectivity index (χ3v) is 5.33. The van der Waals surface area contributed by atoms with Crippen LogP contribution in [-0.2, 0) is 0 Å². The zero-order chi connectivity index (χ0) is 14.9. The number of imidazole rings is 1. The molecule has 20 heavy (non-hydrogen) atoms. The van der Waals surface area contributed by atoms with Crippen LogP contribution in [0.5, 0.6) is 0 Å². The molecular formula is C16H20N2O2. The zero-order valence-corrected chi connectivity index (χ0v) is 12.6. The summed E-state index contributed by atoms with van der Waals surface area (Å²) < 4.78 is 2.21. The van der Waals surface area contributed by atoms with Crippen LogP contribution >= 0.6 is 0 Å². The highest BCUT2D eigenvalue weighted by molar-refractivity contribution is 6.01. The maximum Gasteiger partial charge on any atom is 0.337 e. The highest BCUT2D eigenvalue weighted by Crippen LogP contribution is 2.72. The topological polar surface area (TPSA) is 55.1 Å². The van der Waals surface area contributed by atoms with Gasteiger partial charge in [-0.25, -0.2) is 9.78 Å². The predicted molar refractivity (Wildman–Crippen MR) is 78.0 cm³/mol. The van der Waals surface area contributed by atoms with Crippen molar-refractivity contribution in [1.29, 1.82) is 0 Å². The summed E-state index contributed by atoms with van der Waals surface area (Å²) in [6.07, 6.45) is 0. The van der Waals surface area contributed by atoms with E-state index < -0.39 is 5.97 Å². The third kappa shape index (κ3) is 1.42. The summed E-state index contributed by atoms with van der Waals surface area (Å²) in [6.45, 7) is 11.0. The lowest BCUT2D eigenvalue weighted by Crippen LogP contribution is -2.03. The number of para-hydroxylation sites is 1. The minimum absolute atomic E-state index is 0.185. The molecule has 0 atom stereocenters. The Labute approximate surface area is 118 Å². The number of fused-ring (bicyclic) bond motifs is 1. The molecule has 0 bridgehead atoms. The van der Waals surface area contributed by atoms with Crippen LogP contribution in [0.4, 0.5) is 0 Å². The monoisotopic (exact) mass is 272 g/mol. The van der Waals surface area contributed by atoms with E-state index >= 15 is 0 Å². The molecule has 1 aliphatic carbocycles. The molecule has 4 nitrogen and oxygen atoms in total. The van der Waals surface area contributed by atoms with E-state index in [1.54, 1.807) is 12.1 Å². The quantitative estimate of drug-likeness (QED) is 0.907. The summed E-state index contributed by atoms with van der Waals surface area (Å²) in [5, 5.41) is 9.29. The van der Waals surface area contributed by atoms with Gasteiger partial charge in [0, 0.05) is 6.04 Å². The van der Waals surface area contributed by atoms with Crippen LogP contribution in [0.3, 0.4) is 0 Å². The van der Waals surface area contributed by atoms with Gasteiger partial charge in [-0.05, 0) is 29.9 Å². The van der Waals surface area contributed by atoms with Gasteiger partial charge >= 0.3 is 5.97 Å². The molecule has 3 rings (SSSR count). The summed E-state index contributed by atoms with van der Waals surface area (Å²) in [5.74, 6) is -0.0353. The van der Waals surface area contributed by atoms with Gasteiger partial charge in [-0.15, -0.1) is 0 Å². The Morgan fingerprint density at radius 2 is 1.85 bits per heavy atom. The van der Waals surface area contributed by atoms with E-state index in [4.69, 9.17) is 0 Å². The molecule has 2 aromatic rings. The minimum atomic E-state index is -0.922.